The van der Waals surface area contributed by atoms with Crippen LogP contribution in [-0.4, -0.2) is 77.9 Å². The summed E-state index contributed by atoms with van der Waals surface area (Å²) in [5, 5.41) is 18.5. The summed E-state index contributed by atoms with van der Waals surface area (Å²) in [6, 6.07) is 7.23. The Bertz CT molecular complexity index is 6030. The number of carbonyl (C=O) groups excluding carboxylic acids is 5. The standard InChI is InChI=1S/C19H23BrN4O2S.C14H16Br2N2O2S.C14H17BrN2O2S.C14H18N2O2S.C11H19NS.C6H9NS.C4H8O.C3H7N.2CO2.Br2/c1-9(2)8-23-18-15(17(25)24(19(23)26)12-5-6-12)16(20)14(27-18)7-13-10(3)21-22-11(13)4;1-7(2)6-17-13-10(11(16)9(5-15)21-13)12(19)18(14(17)20)8-3-4-8;1-7(2)6-16-13-10(11(15)8(3)20-13)12(18)17(14(16)19)9-4-5-9;1-8(2)7-15-13-11(6-9(3)19-13)12(17)16(14(15)18)10-4-5-10;1-5-10-6-9(4)13-11(10)12-7-8(2)3;1-2-5-3-4-8-6(5)7;1-4(2)3-5;4-3-1-2-3;2*2-1-3;1-2/h9,12H,5-8H2,1-4H3,(H,21,22);7-8H,3-6H2,1-2H3;7,9H,4-6H2,1-3H3;6,8,10H,4-5,7H2,1-3H3;6,8,12H,5,7H2,1-4H3;3-4H,2,7H2,1H3;3-4H,1-2H3;3H,1-2,4H2;;;. The number of thiophene rings is 6. The molecule has 0 bridgehead atoms. The van der Waals surface area contributed by atoms with Crippen molar-refractivity contribution in [3.63, 3.8) is 0 Å². The average Bonchev–Trinajstić information content (AvgIpc) is 1.61. The Morgan fingerprint density at radius 1 is 0.520 bits per heavy atom. The van der Waals surface area contributed by atoms with Crippen LogP contribution < -0.4 is 61.8 Å². The van der Waals surface area contributed by atoms with E-state index in [1.807, 2.05) is 64.3 Å². The molecule has 5 fully saturated rings. The van der Waals surface area contributed by atoms with Crippen molar-refractivity contribution < 1.29 is 24.0 Å². The third-order valence-corrected chi connectivity index (χ3v) is 30.6. The first-order valence-corrected chi connectivity index (χ1v) is 54.0. The fourth-order valence-corrected chi connectivity index (χ4v) is 22.5. The number of aromatic amines is 1. The number of carbonyl (C=O) groups is 1. The van der Waals surface area contributed by atoms with Crippen molar-refractivity contribution in [3.05, 3.63) is 173 Å². The molecule has 11 heterocycles. The lowest BCUT2D eigenvalue weighted by atomic mass is 10.1. The molecule has 686 valence electrons. The molecule has 0 unspecified atom stereocenters. The first kappa shape index (κ1) is 108. The Hall–Kier alpha value is -5.96. The van der Waals surface area contributed by atoms with Crippen molar-refractivity contribution in [3.8, 4) is 0 Å². The number of nitrogens with two attached hydrogens (primary N) is 2. The number of rotatable bonds is 21. The van der Waals surface area contributed by atoms with E-state index >= 15 is 0 Å². The Morgan fingerprint density at radius 3 is 1.20 bits per heavy atom. The Kier molecular flexibility index (Phi) is 43.5. The third kappa shape index (κ3) is 29.3. The number of anilines is 2. The average molecular weight is 2220 g/mol. The maximum absolute atomic E-state index is 13.1. The molecule has 0 saturated heterocycles. The van der Waals surface area contributed by atoms with E-state index in [1.54, 1.807) is 29.6 Å². The Labute approximate surface area is 800 Å². The summed E-state index contributed by atoms with van der Waals surface area (Å²) in [7, 11) is 0. The predicted molar refractivity (Wildman–Crippen MR) is 536 cm³/mol. The molecule has 0 radical (unpaired) electrons. The van der Waals surface area contributed by atoms with E-state index in [0.29, 0.717) is 95.1 Å². The summed E-state index contributed by atoms with van der Waals surface area (Å²) in [6.45, 7) is 42.9. The van der Waals surface area contributed by atoms with Crippen molar-refractivity contribution >= 4 is 229 Å². The molecule has 0 atom stereocenters. The van der Waals surface area contributed by atoms with E-state index in [-0.39, 0.29) is 87.4 Å². The molecule has 0 spiro atoms. The van der Waals surface area contributed by atoms with Gasteiger partial charge in [-0.3, -0.25) is 60.8 Å². The minimum absolute atomic E-state index is 0.0569. The first-order valence-electron chi connectivity index (χ1n) is 41.8. The summed E-state index contributed by atoms with van der Waals surface area (Å²) < 4.78 is 15.5. The number of aldehydes is 1. The normalized spacial score (nSPS) is 13.7. The maximum Gasteiger partial charge on any atom is 0.373 e. The third-order valence-electron chi connectivity index (χ3n) is 19.7. The van der Waals surface area contributed by atoms with E-state index in [1.165, 1.54) is 97.5 Å². The molecule has 16 rings (SSSR count). The zero-order valence-electron chi connectivity index (χ0n) is 74.4. The monoisotopic (exact) mass is 2220 g/mol. The highest BCUT2D eigenvalue weighted by Gasteiger charge is 2.35. The summed E-state index contributed by atoms with van der Waals surface area (Å²) in [5.74, 6) is 2.33. The smallest absolute Gasteiger partial charge is 0.373 e. The molecule has 0 aliphatic heterocycles. The topological polar surface area (TPSA) is 354 Å². The highest BCUT2D eigenvalue weighted by Crippen LogP contribution is 2.42. The van der Waals surface area contributed by atoms with Gasteiger partial charge in [-0.1, -0.05) is 113 Å². The summed E-state index contributed by atoms with van der Waals surface area (Å²) >= 11 is 29.3. The van der Waals surface area contributed by atoms with Crippen molar-refractivity contribution in [2.24, 2.45) is 41.2 Å². The van der Waals surface area contributed by atoms with E-state index in [2.05, 4.69) is 210 Å². The molecular formula is C87H117Br6N13O13S6. The van der Waals surface area contributed by atoms with E-state index in [0.717, 1.165) is 151 Å². The number of aryl methyl sites for hydroxylation is 7. The molecule has 6 N–H and O–H groups in total. The number of nitrogens with zero attached hydrogens (tertiary/aromatic N) is 9. The van der Waals surface area contributed by atoms with Gasteiger partial charge < -0.3 is 21.6 Å². The molecule has 5 aliphatic carbocycles. The van der Waals surface area contributed by atoms with E-state index in [4.69, 9.17) is 30.6 Å². The lowest BCUT2D eigenvalue weighted by molar-refractivity contribution is -0.193. The van der Waals surface area contributed by atoms with Crippen LogP contribution in [0.2, 0.25) is 0 Å². The second-order valence-electron chi connectivity index (χ2n) is 33.7. The molecule has 0 amide bonds. The molecule has 5 saturated carbocycles. The largest absolute Gasteiger partial charge is 0.390 e. The number of hydrogen-bond donors (Lipinski definition) is 4. The van der Waals surface area contributed by atoms with Gasteiger partial charge in [0.25, 0.3) is 22.2 Å². The first-order chi connectivity index (χ1) is 59.1. The number of halogens is 6. The lowest BCUT2D eigenvalue weighted by Crippen LogP contribution is -2.39. The summed E-state index contributed by atoms with van der Waals surface area (Å²) in [4.78, 5) is 153. The zero-order chi connectivity index (χ0) is 93.6. The predicted octanol–water partition coefficient (Wildman–Crippen LogP) is 20.6. The number of H-pyrrole nitrogens is 1. The molecule has 11 aromatic rings. The Balaban J connectivity index is 0.000000228. The maximum atomic E-state index is 13.1. The van der Waals surface area contributed by atoms with Crippen LogP contribution >= 0.6 is 160 Å². The molecule has 11 aromatic heterocycles. The van der Waals surface area contributed by atoms with Gasteiger partial charge in [0.05, 0.1) is 37.2 Å². The minimum Gasteiger partial charge on any atom is -0.390 e. The van der Waals surface area contributed by atoms with Crippen LogP contribution in [-0.2, 0) is 74.7 Å². The number of nitrogens with one attached hydrogen (secondary N) is 2. The van der Waals surface area contributed by atoms with Gasteiger partial charge in [0.2, 0.25) is 0 Å². The lowest BCUT2D eigenvalue weighted by Gasteiger charge is -2.13. The molecule has 125 heavy (non-hydrogen) atoms. The van der Waals surface area contributed by atoms with Crippen molar-refractivity contribution in [2.75, 3.05) is 17.6 Å². The van der Waals surface area contributed by atoms with Crippen LogP contribution in [0, 0.1) is 70.1 Å². The van der Waals surface area contributed by atoms with Crippen LogP contribution in [0.25, 0.3) is 40.9 Å². The van der Waals surface area contributed by atoms with Gasteiger partial charge in [0.15, 0.2) is 0 Å². The van der Waals surface area contributed by atoms with Gasteiger partial charge in [-0.05, 0) is 224 Å². The molecule has 5 aliphatic rings. The van der Waals surface area contributed by atoms with E-state index in [9.17, 15) is 43.2 Å². The van der Waals surface area contributed by atoms with Crippen LogP contribution in [0.1, 0.15) is 238 Å². The summed E-state index contributed by atoms with van der Waals surface area (Å²) in [5.41, 5.74) is 15.5. The highest BCUT2D eigenvalue weighted by molar-refractivity contribution is 9.93. The second kappa shape index (κ2) is 50.4. The van der Waals surface area contributed by atoms with Gasteiger partial charge in [-0.15, -0.1) is 68.0 Å². The van der Waals surface area contributed by atoms with Crippen molar-refractivity contribution in [2.45, 2.75) is 277 Å². The van der Waals surface area contributed by atoms with Gasteiger partial charge in [-0.25, -0.2) is 19.2 Å². The number of fused-ring (bicyclic) bond motifs is 4. The Morgan fingerprint density at radius 2 is 0.880 bits per heavy atom. The van der Waals surface area contributed by atoms with Crippen molar-refractivity contribution in [1.82, 2.24) is 46.7 Å². The van der Waals surface area contributed by atoms with Gasteiger partial charge in [0, 0.05) is 158 Å². The molecule has 26 nitrogen and oxygen atoms in total. The zero-order valence-corrected chi connectivity index (χ0v) is 88.8. The fourth-order valence-electron chi connectivity index (χ4n) is 13.0. The van der Waals surface area contributed by atoms with Crippen molar-refractivity contribution in [1.29, 1.82) is 0 Å². The van der Waals surface area contributed by atoms with Crippen LogP contribution in [0.5, 0.6) is 0 Å². The number of hydrogen-bond acceptors (Lipinski definition) is 23. The molecule has 0 aromatic carbocycles. The SMILES string of the molecule is BrBr.CC(C)C=O.CC(C)Cn1c(=O)n(C2CC2)c(=O)c2c(Br)c(CBr)sc21.CCc1cc(C)sc1NCC(C)C.CCc1ccsc1N.Cc1cc2c(=O)n(C3CC3)c(=O)n(CC(C)C)c2s1.Cc1n[nH]c(C)c1Cc1sc2c(c1Br)c(=O)n(C1CC1)c(=O)n2CC(C)C.Cc1sc2c(c1Br)c(=O)n(C1CC1)c(=O)n2CC(C)C.NC1CC1.O=C=O.O=C=O. The van der Waals surface area contributed by atoms with Crippen LogP contribution in [0.4, 0.5) is 10.0 Å². The van der Waals surface area contributed by atoms with Crippen LogP contribution in [0.15, 0.2) is 75.4 Å². The van der Waals surface area contributed by atoms with E-state index < -0.39 is 0 Å². The summed E-state index contributed by atoms with van der Waals surface area (Å²) in [6.07, 6.45) is 14.2. The quantitative estimate of drug-likeness (QED) is 0.0383. The number of alkyl halides is 1. The number of aromatic nitrogens is 10. The minimum atomic E-state index is -0.167. The van der Waals surface area contributed by atoms with Gasteiger partial charge in [-0.2, -0.15) is 24.3 Å². The number of nitrogen functional groups attached to an aromatic ring is 1. The second-order valence-corrected chi connectivity index (χ2v) is 43.4. The molecular weight excluding hydrogens is 2110 g/mol. The fraction of sp³-hybridized carbons (Fsp3) is 0.563. The molecule has 38 heteroatoms. The van der Waals surface area contributed by atoms with Gasteiger partial charge in [0.1, 0.15) is 25.6 Å². The van der Waals surface area contributed by atoms with Gasteiger partial charge >= 0.3 is 35.1 Å². The highest BCUT2D eigenvalue weighted by atomic mass is 80.9. The van der Waals surface area contributed by atoms with Crippen LogP contribution in [0.3, 0.4) is 0 Å².